The first kappa shape index (κ1) is 16.1. The van der Waals surface area contributed by atoms with Gasteiger partial charge in [0.2, 0.25) is 5.88 Å². The van der Waals surface area contributed by atoms with Crippen molar-refractivity contribution in [3.63, 3.8) is 0 Å². The van der Waals surface area contributed by atoms with Crippen molar-refractivity contribution in [1.82, 2.24) is 4.98 Å². The second kappa shape index (κ2) is 6.02. The standard InChI is InChI=1S/C11H10F5NO3/c1-19-7(18)3-5-6(11(14,15)16)4-17-10(20-2)8(5)9(12)13/h4,9H,3H2,1-2H3. The van der Waals surface area contributed by atoms with Crippen molar-refractivity contribution in [2.75, 3.05) is 14.2 Å². The Balaban J connectivity index is 3.55. The molecule has 9 heteroatoms. The second-order valence-corrected chi connectivity index (χ2v) is 3.62. The zero-order valence-corrected chi connectivity index (χ0v) is 10.4. The summed E-state index contributed by atoms with van der Waals surface area (Å²) in [6.07, 6.45) is -8.81. The lowest BCUT2D eigenvalue weighted by Gasteiger charge is -2.17. The molecule has 1 aromatic heterocycles. The molecule has 0 unspecified atom stereocenters. The van der Waals surface area contributed by atoms with E-state index in [0.717, 1.165) is 14.2 Å². The van der Waals surface area contributed by atoms with Crippen molar-refractivity contribution >= 4 is 5.97 Å². The number of methoxy groups -OCH3 is 2. The number of aromatic nitrogens is 1. The lowest BCUT2D eigenvalue weighted by Crippen LogP contribution is -2.17. The Bertz CT molecular complexity index is 502. The normalized spacial score (nSPS) is 11.6. The average Bonchev–Trinajstić information content (AvgIpc) is 2.35. The van der Waals surface area contributed by atoms with Crippen molar-refractivity contribution in [2.45, 2.75) is 19.0 Å². The number of hydrogen-bond donors (Lipinski definition) is 0. The van der Waals surface area contributed by atoms with Gasteiger partial charge < -0.3 is 9.47 Å². The molecular weight excluding hydrogens is 289 g/mol. The number of hydrogen-bond acceptors (Lipinski definition) is 4. The number of carbonyl (C=O) groups excluding carboxylic acids is 1. The highest BCUT2D eigenvalue weighted by Crippen LogP contribution is 2.39. The number of pyridine rings is 1. The van der Waals surface area contributed by atoms with Crippen LogP contribution in [0.4, 0.5) is 22.0 Å². The monoisotopic (exact) mass is 299 g/mol. The van der Waals surface area contributed by atoms with E-state index >= 15 is 0 Å². The molecule has 0 saturated carbocycles. The highest BCUT2D eigenvalue weighted by molar-refractivity contribution is 5.74. The summed E-state index contributed by atoms with van der Waals surface area (Å²) in [6, 6.07) is 0. The lowest BCUT2D eigenvalue weighted by atomic mass is 10.0. The number of nitrogens with zero attached hydrogens (tertiary/aromatic N) is 1. The maximum absolute atomic E-state index is 13.0. The van der Waals surface area contributed by atoms with Crippen LogP contribution in [0.15, 0.2) is 6.20 Å². The van der Waals surface area contributed by atoms with Crippen LogP contribution >= 0.6 is 0 Å². The van der Waals surface area contributed by atoms with E-state index in [0.29, 0.717) is 6.20 Å². The summed E-state index contributed by atoms with van der Waals surface area (Å²) in [5.41, 5.74) is -3.38. The fraction of sp³-hybridized carbons (Fsp3) is 0.455. The summed E-state index contributed by atoms with van der Waals surface area (Å²) in [5, 5.41) is 0. The highest BCUT2D eigenvalue weighted by atomic mass is 19.4. The minimum absolute atomic E-state index is 0.350. The minimum atomic E-state index is -4.92. The van der Waals surface area contributed by atoms with Gasteiger partial charge in [0.15, 0.2) is 0 Å². The molecule has 0 aliphatic rings. The van der Waals surface area contributed by atoms with E-state index in [1.54, 1.807) is 0 Å². The van der Waals surface area contributed by atoms with E-state index in [2.05, 4.69) is 14.5 Å². The van der Waals surface area contributed by atoms with Crippen LogP contribution in [0.3, 0.4) is 0 Å². The van der Waals surface area contributed by atoms with Crippen molar-refractivity contribution < 1.29 is 36.2 Å². The summed E-state index contributed by atoms with van der Waals surface area (Å²) in [6.45, 7) is 0. The van der Waals surface area contributed by atoms with Gasteiger partial charge in [-0.1, -0.05) is 0 Å². The zero-order chi connectivity index (χ0) is 15.5. The molecule has 1 aromatic rings. The van der Waals surface area contributed by atoms with Crippen LogP contribution in [0.25, 0.3) is 0 Å². The molecule has 1 rings (SSSR count). The summed E-state index contributed by atoms with van der Waals surface area (Å²) in [4.78, 5) is 14.3. The number of alkyl halides is 5. The molecular formula is C11H10F5NO3. The van der Waals surface area contributed by atoms with Crippen molar-refractivity contribution in [3.8, 4) is 5.88 Å². The Hall–Kier alpha value is -1.93. The second-order valence-electron chi connectivity index (χ2n) is 3.62. The van der Waals surface area contributed by atoms with E-state index in [1.807, 2.05) is 0 Å². The highest BCUT2D eigenvalue weighted by Gasteiger charge is 2.38. The van der Waals surface area contributed by atoms with E-state index in [9.17, 15) is 26.7 Å². The molecule has 4 nitrogen and oxygen atoms in total. The molecule has 0 N–H and O–H groups in total. The predicted octanol–water partition coefficient (Wildman–Crippen LogP) is 2.76. The van der Waals surface area contributed by atoms with Crippen molar-refractivity contribution in [1.29, 1.82) is 0 Å². The van der Waals surface area contributed by atoms with Crippen molar-refractivity contribution in [2.24, 2.45) is 0 Å². The van der Waals surface area contributed by atoms with Gasteiger partial charge in [-0.05, 0) is 5.56 Å². The molecule has 0 fully saturated rings. The van der Waals surface area contributed by atoms with Crippen LogP contribution in [0.5, 0.6) is 5.88 Å². The van der Waals surface area contributed by atoms with Gasteiger partial charge in [-0.2, -0.15) is 13.2 Å². The van der Waals surface area contributed by atoms with Gasteiger partial charge >= 0.3 is 12.1 Å². The van der Waals surface area contributed by atoms with Gasteiger partial charge in [0.05, 0.1) is 31.8 Å². The van der Waals surface area contributed by atoms with Crippen LogP contribution in [-0.4, -0.2) is 25.2 Å². The molecule has 112 valence electrons. The fourth-order valence-corrected chi connectivity index (χ4v) is 1.58. The molecule has 0 amide bonds. The van der Waals surface area contributed by atoms with Gasteiger partial charge in [0, 0.05) is 6.20 Å². The maximum atomic E-state index is 13.0. The number of esters is 1. The van der Waals surface area contributed by atoms with Crippen LogP contribution < -0.4 is 4.74 Å². The zero-order valence-electron chi connectivity index (χ0n) is 10.4. The van der Waals surface area contributed by atoms with E-state index in [4.69, 9.17) is 0 Å². The van der Waals surface area contributed by atoms with Gasteiger partial charge in [0.1, 0.15) is 0 Å². The largest absolute Gasteiger partial charge is 0.481 e. The average molecular weight is 299 g/mol. The third-order valence-corrected chi connectivity index (χ3v) is 2.46. The molecule has 0 bridgehead atoms. The fourth-order valence-electron chi connectivity index (χ4n) is 1.58. The summed E-state index contributed by atoms with van der Waals surface area (Å²) >= 11 is 0. The molecule has 20 heavy (non-hydrogen) atoms. The van der Waals surface area contributed by atoms with Crippen LogP contribution in [-0.2, 0) is 22.1 Å². The van der Waals surface area contributed by atoms with Crippen molar-refractivity contribution in [3.05, 3.63) is 22.9 Å². The SMILES string of the molecule is COC(=O)Cc1c(C(F)(F)F)cnc(OC)c1C(F)F. The Morgan fingerprint density at radius 2 is 1.95 bits per heavy atom. The number of ether oxygens (including phenoxy) is 2. The molecule has 0 atom stereocenters. The first-order valence-corrected chi connectivity index (χ1v) is 5.20. The third-order valence-electron chi connectivity index (χ3n) is 2.46. The summed E-state index contributed by atoms with van der Waals surface area (Å²) in [7, 11) is 1.93. The van der Waals surface area contributed by atoms with E-state index in [1.165, 1.54) is 0 Å². The van der Waals surface area contributed by atoms with Gasteiger partial charge in [-0.25, -0.2) is 13.8 Å². The minimum Gasteiger partial charge on any atom is -0.481 e. The molecule has 1 heterocycles. The summed E-state index contributed by atoms with van der Waals surface area (Å²) in [5.74, 6) is -1.74. The Labute approximate surface area is 110 Å². The molecule has 0 aliphatic heterocycles. The quantitative estimate of drug-likeness (QED) is 0.633. The number of carbonyl (C=O) groups is 1. The first-order valence-electron chi connectivity index (χ1n) is 5.20. The predicted molar refractivity (Wildman–Crippen MR) is 56.5 cm³/mol. The number of rotatable bonds is 4. The molecule has 0 radical (unpaired) electrons. The Morgan fingerprint density at radius 3 is 2.35 bits per heavy atom. The van der Waals surface area contributed by atoms with Gasteiger partial charge in [0.25, 0.3) is 6.43 Å². The summed E-state index contributed by atoms with van der Waals surface area (Å²) < 4.78 is 73.1. The number of halogens is 5. The van der Waals surface area contributed by atoms with Gasteiger partial charge in [-0.15, -0.1) is 0 Å². The van der Waals surface area contributed by atoms with Crippen LogP contribution in [0.2, 0.25) is 0 Å². The third kappa shape index (κ3) is 3.34. The van der Waals surface area contributed by atoms with Crippen LogP contribution in [0.1, 0.15) is 23.1 Å². The van der Waals surface area contributed by atoms with E-state index in [-0.39, 0.29) is 0 Å². The molecule has 0 spiro atoms. The molecule has 0 saturated heterocycles. The van der Waals surface area contributed by atoms with E-state index < -0.39 is 47.6 Å². The van der Waals surface area contributed by atoms with Crippen LogP contribution in [0, 0.1) is 0 Å². The smallest absolute Gasteiger partial charge is 0.418 e. The lowest BCUT2D eigenvalue weighted by molar-refractivity contribution is -0.141. The molecule has 0 aliphatic carbocycles. The Kier molecular flexibility index (Phi) is 4.85. The van der Waals surface area contributed by atoms with Gasteiger partial charge in [-0.3, -0.25) is 4.79 Å². The first-order chi connectivity index (χ1) is 9.22. The molecule has 0 aromatic carbocycles. The topological polar surface area (TPSA) is 48.4 Å². The maximum Gasteiger partial charge on any atom is 0.418 e. The Morgan fingerprint density at radius 1 is 1.35 bits per heavy atom.